The molecule has 0 atom stereocenters. The van der Waals surface area contributed by atoms with Crippen LogP contribution in [0.25, 0.3) is 0 Å². The molecule has 1 spiro atoms. The molecule has 0 radical (unpaired) electrons. The third-order valence-corrected chi connectivity index (χ3v) is 5.93. The maximum atomic E-state index is 13.1. The van der Waals surface area contributed by atoms with Crippen LogP contribution in [0, 0.1) is 5.41 Å². The molecule has 2 aliphatic heterocycles. The Morgan fingerprint density at radius 2 is 2.04 bits per heavy atom. The Morgan fingerprint density at radius 1 is 1.22 bits per heavy atom. The Hall–Kier alpha value is -2.32. The smallest absolute Gasteiger partial charge is 0.254 e. The molecule has 0 bridgehead atoms. The van der Waals surface area contributed by atoms with E-state index in [0.29, 0.717) is 43.4 Å². The van der Waals surface area contributed by atoms with Gasteiger partial charge in [-0.3, -0.25) is 4.79 Å². The third kappa shape index (κ3) is 3.46. The Balaban J connectivity index is 1.49. The van der Waals surface area contributed by atoms with Crippen LogP contribution in [0.1, 0.15) is 10.4 Å². The van der Waals surface area contributed by atoms with E-state index in [9.17, 15) is 4.79 Å². The van der Waals surface area contributed by atoms with Crippen LogP contribution in [-0.4, -0.2) is 69.4 Å². The second kappa shape index (κ2) is 7.36. The summed E-state index contributed by atoms with van der Waals surface area (Å²) in [4.78, 5) is 21.6. The van der Waals surface area contributed by atoms with Crippen molar-refractivity contribution >= 4 is 22.4 Å². The Kier molecular flexibility index (Phi) is 4.92. The van der Waals surface area contributed by atoms with Gasteiger partial charge in [0.15, 0.2) is 16.6 Å². The van der Waals surface area contributed by atoms with Crippen LogP contribution >= 0.6 is 11.3 Å². The average molecular weight is 389 g/mol. The van der Waals surface area contributed by atoms with Crippen molar-refractivity contribution in [2.45, 2.75) is 0 Å². The van der Waals surface area contributed by atoms with Crippen LogP contribution in [0.2, 0.25) is 0 Å². The number of anilines is 1. The summed E-state index contributed by atoms with van der Waals surface area (Å²) < 4.78 is 16.4. The van der Waals surface area contributed by atoms with Crippen LogP contribution < -0.4 is 14.4 Å². The van der Waals surface area contributed by atoms with Gasteiger partial charge in [0.25, 0.3) is 5.91 Å². The molecular formula is C19H23N3O4S. The molecule has 7 nitrogen and oxygen atoms in total. The third-order valence-electron chi connectivity index (χ3n) is 5.10. The molecule has 144 valence electrons. The Bertz CT molecular complexity index is 805. The number of methoxy groups -OCH3 is 2. The number of benzene rings is 1. The van der Waals surface area contributed by atoms with Crippen molar-refractivity contribution in [2.24, 2.45) is 5.41 Å². The van der Waals surface area contributed by atoms with Gasteiger partial charge in [0.2, 0.25) is 0 Å². The molecule has 2 aliphatic rings. The molecule has 1 aromatic heterocycles. The van der Waals surface area contributed by atoms with E-state index in [4.69, 9.17) is 14.2 Å². The summed E-state index contributed by atoms with van der Waals surface area (Å²) in [6.45, 7) is 4.21. The van der Waals surface area contributed by atoms with E-state index in [1.807, 2.05) is 16.5 Å². The second-order valence-electron chi connectivity index (χ2n) is 7.02. The van der Waals surface area contributed by atoms with Crippen LogP contribution in [0.3, 0.4) is 0 Å². The van der Waals surface area contributed by atoms with E-state index in [1.54, 1.807) is 43.8 Å². The number of thiazole rings is 1. The highest BCUT2D eigenvalue weighted by Crippen LogP contribution is 2.38. The van der Waals surface area contributed by atoms with E-state index in [-0.39, 0.29) is 11.3 Å². The van der Waals surface area contributed by atoms with Crippen molar-refractivity contribution in [3.63, 3.8) is 0 Å². The lowest BCUT2D eigenvalue weighted by Gasteiger charge is -2.50. The number of ether oxygens (including phenoxy) is 3. The highest BCUT2D eigenvalue weighted by molar-refractivity contribution is 7.13. The second-order valence-corrected chi connectivity index (χ2v) is 7.89. The molecule has 3 heterocycles. The fourth-order valence-electron chi connectivity index (χ4n) is 3.78. The van der Waals surface area contributed by atoms with Crippen molar-refractivity contribution in [2.75, 3.05) is 58.5 Å². The molecule has 0 aliphatic carbocycles. The molecule has 8 heteroatoms. The number of amides is 1. The van der Waals surface area contributed by atoms with Gasteiger partial charge in [-0.1, -0.05) is 0 Å². The summed E-state index contributed by atoms with van der Waals surface area (Å²) in [5.74, 6) is 1.17. The first-order valence-corrected chi connectivity index (χ1v) is 9.76. The van der Waals surface area contributed by atoms with E-state index < -0.39 is 0 Å². The summed E-state index contributed by atoms with van der Waals surface area (Å²) in [5.41, 5.74) is 0.565. The topological polar surface area (TPSA) is 64.1 Å². The zero-order chi connectivity index (χ0) is 18.9. The molecule has 2 aromatic rings. The van der Waals surface area contributed by atoms with Gasteiger partial charge >= 0.3 is 0 Å². The predicted octanol–water partition coefficient (Wildman–Crippen LogP) is 2.14. The maximum Gasteiger partial charge on any atom is 0.254 e. The van der Waals surface area contributed by atoms with E-state index in [2.05, 4.69) is 9.88 Å². The zero-order valence-corrected chi connectivity index (χ0v) is 16.3. The highest BCUT2D eigenvalue weighted by atomic mass is 32.1. The molecular weight excluding hydrogens is 366 g/mol. The molecule has 2 saturated heterocycles. The predicted molar refractivity (Wildman–Crippen MR) is 103 cm³/mol. The van der Waals surface area contributed by atoms with E-state index in [1.165, 1.54) is 0 Å². The fourth-order valence-corrected chi connectivity index (χ4v) is 4.42. The SMILES string of the molecule is COc1ccc(C(=O)N2CCOCC3(C2)CN(c2nccs2)C3)cc1OC. The summed E-state index contributed by atoms with van der Waals surface area (Å²) in [6.07, 6.45) is 1.82. The monoisotopic (exact) mass is 389 g/mol. The molecule has 2 fully saturated rings. The summed E-state index contributed by atoms with van der Waals surface area (Å²) >= 11 is 1.64. The van der Waals surface area contributed by atoms with Crippen molar-refractivity contribution < 1.29 is 19.0 Å². The van der Waals surface area contributed by atoms with Gasteiger partial charge in [-0.2, -0.15) is 0 Å². The van der Waals surface area contributed by atoms with Gasteiger partial charge in [-0.05, 0) is 18.2 Å². The maximum absolute atomic E-state index is 13.1. The zero-order valence-electron chi connectivity index (χ0n) is 15.5. The van der Waals surface area contributed by atoms with Crippen LogP contribution in [-0.2, 0) is 4.74 Å². The van der Waals surface area contributed by atoms with Gasteiger partial charge in [0.1, 0.15) is 0 Å². The van der Waals surface area contributed by atoms with Gasteiger partial charge in [0, 0.05) is 48.7 Å². The minimum absolute atomic E-state index is 0.00599. The lowest BCUT2D eigenvalue weighted by molar-refractivity contribution is 0.0441. The molecule has 1 aromatic carbocycles. The van der Waals surface area contributed by atoms with Gasteiger partial charge in [0.05, 0.1) is 27.4 Å². The first kappa shape index (κ1) is 18.1. The normalized spacial score (nSPS) is 18.7. The van der Waals surface area contributed by atoms with E-state index >= 15 is 0 Å². The molecule has 1 amide bonds. The Morgan fingerprint density at radius 3 is 2.74 bits per heavy atom. The summed E-state index contributed by atoms with van der Waals surface area (Å²) in [7, 11) is 3.16. The number of hydrogen-bond donors (Lipinski definition) is 0. The standard InChI is InChI=1S/C19H23N3O4S/c1-24-15-4-3-14(9-16(15)25-2)17(23)21-6-7-26-13-19(10-21)11-22(12-19)18-20-5-8-27-18/h3-5,8-9H,6-7,10-13H2,1-2H3. The van der Waals surface area contributed by atoms with Crippen LogP contribution in [0.4, 0.5) is 5.13 Å². The highest BCUT2D eigenvalue weighted by Gasteiger charge is 2.47. The molecule has 27 heavy (non-hydrogen) atoms. The van der Waals surface area contributed by atoms with Crippen LogP contribution in [0.5, 0.6) is 11.5 Å². The minimum Gasteiger partial charge on any atom is -0.493 e. The quantitative estimate of drug-likeness (QED) is 0.798. The number of aromatic nitrogens is 1. The van der Waals surface area contributed by atoms with Crippen molar-refractivity contribution in [1.82, 2.24) is 9.88 Å². The fraction of sp³-hybridized carbons (Fsp3) is 0.474. The molecule has 0 saturated carbocycles. The number of carbonyl (C=O) groups is 1. The minimum atomic E-state index is -0.0333. The van der Waals surface area contributed by atoms with E-state index in [0.717, 1.165) is 18.2 Å². The molecule has 4 rings (SSSR count). The number of rotatable bonds is 4. The molecule has 0 N–H and O–H groups in total. The number of carbonyl (C=O) groups excluding carboxylic acids is 1. The number of nitrogens with zero attached hydrogens (tertiary/aromatic N) is 3. The van der Waals surface area contributed by atoms with Gasteiger partial charge in [-0.15, -0.1) is 11.3 Å². The first-order chi connectivity index (χ1) is 13.1. The largest absolute Gasteiger partial charge is 0.493 e. The van der Waals surface area contributed by atoms with Crippen molar-refractivity contribution in [3.8, 4) is 11.5 Å². The first-order valence-electron chi connectivity index (χ1n) is 8.88. The summed E-state index contributed by atoms with van der Waals surface area (Å²) in [6, 6.07) is 5.29. The average Bonchev–Trinajstić information content (AvgIpc) is 3.10. The van der Waals surface area contributed by atoms with Crippen LogP contribution in [0.15, 0.2) is 29.8 Å². The lowest BCUT2D eigenvalue weighted by Crippen LogP contribution is -2.62. The Labute approximate surface area is 162 Å². The van der Waals surface area contributed by atoms with Gasteiger partial charge in [-0.25, -0.2) is 4.98 Å². The molecule has 0 unspecified atom stereocenters. The lowest BCUT2D eigenvalue weighted by atomic mass is 9.80. The van der Waals surface area contributed by atoms with Gasteiger partial charge < -0.3 is 24.0 Å². The number of hydrogen-bond acceptors (Lipinski definition) is 7. The van der Waals surface area contributed by atoms with Crippen molar-refractivity contribution in [3.05, 3.63) is 35.3 Å². The summed E-state index contributed by atoms with van der Waals surface area (Å²) in [5, 5.41) is 3.01. The van der Waals surface area contributed by atoms with Crippen molar-refractivity contribution in [1.29, 1.82) is 0 Å².